The molecule has 5 nitrogen and oxygen atoms in total. The fourth-order valence-corrected chi connectivity index (χ4v) is 3.13. The van der Waals surface area contributed by atoms with E-state index in [0.717, 1.165) is 42.7 Å². The van der Waals surface area contributed by atoms with Crippen LogP contribution >= 0.6 is 0 Å². The van der Waals surface area contributed by atoms with Crippen molar-refractivity contribution in [2.75, 3.05) is 12.4 Å². The first-order valence-corrected chi connectivity index (χ1v) is 9.49. The first-order chi connectivity index (χ1) is 13.1. The number of anilines is 1. The summed E-state index contributed by atoms with van der Waals surface area (Å²) in [6.07, 6.45) is 4.06. The summed E-state index contributed by atoms with van der Waals surface area (Å²) in [6.45, 7) is 0.591. The zero-order valence-corrected chi connectivity index (χ0v) is 15.5. The molecule has 0 saturated heterocycles. The van der Waals surface area contributed by atoms with Crippen LogP contribution in [0.3, 0.4) is 0 Å². The van der Waals surface area contributed by atoms with Gasteiger partial charge in [-0.1, -0.05) is 12.1 Å². The first kappa shape index (κ1) is 17.6. The minimum Gasteiger partial charge on any atom is -0.497 e. The van der Waals surface area contributed by atoms with Crippen LogP contribution in [0.2, 0.25) is 0 Å². The van der Waals surface area contributed by atoms with Crippen molar-refractivity contribution in [1.29, 1.82) is 0 Å². The van der Waals surface area contributed by atoms with E-state index in [4.69, 9.17) is 4.74 Å². The molecule has 2 aromatic carbocycles. The summed E-state index contributed by atoms with van der Waals surface area (Å²) in [6, 6.07) is 15.4. The zero-order chi connectivity index (χ0) is 18.8. The van der Waals surface area contributed by atoms with Crippen LogP contribution in [0.15, 0.2) is 48.5 Å². The molecule has 0 heterocycles. The Hall–Kier alpha value is -2.82. The minimum absolute atomic E-state index is 0.0355. The fourth-order valence-electron chi connectivity index (χ4n) is 3.13. The number of benzene rings is 2. The third-order valence-corrected chi connectivity index (χ3v) is 5.11. The van der Waals surface area contributed by atoms with Crippen LogP contribution < -0.4 is 10.1 Å². The molecule has 0 unspecified atom stereocenters. The van der Waals surface area contributed by atoms with Crippen molar-refractivity contribution in [3.8, 4) is 5.75 Å². The number of carbonyl (C=O) groups excluding carboxylic acids is 2. The van der Waals surface area contributed by atoms with Gasteiger partial charge in [0.1, 0.15) is 5.75 Å². The Morgan fingerprint density at radius 3 is 2.22 bits per heavy atom. The van der Waals surface area contributed by atoms with Crippen LogP contribution in [-0.2, 0) is 11.3 Å². The van der Waals surface area contributed by atoms with Crippen LogP contribution in [-0.4, -0.2) is 29.9 Å². The molecule has 0 bridgehead atoms. The van der Waals surface area contributed by atoms with Gasteiger partial charge < -0.3 is 15.0 Å². The smallest absolute Gasteiger partial charge is 0.254 e. The molecule has 2 saturated carbocycles. The fraction of sp³-hybridized carbons (Fsp3) is 0.364. The predicted octanol–water partition coefficient (Wildman–Crippen LogP) is 3.85. The van der Waals surface area contributed by atoms with Gasteiger partial charge in [0.25, 0.3) is 5.91 Å². The summed E-state index contributed by atoms with van der Waals surface area (Å²) in [5, 5.41) is 2.91. The van der Waals surface area contributed by atoms with E-state index in [9.17, 15) is 9.59 Å². The van der Waals surface area contributed by atoms with Crippen LogP contribution in [0.1, 0.15) is 41.6 Å². The molecule has 0 spiro atoms. The monoisotopic (exact) mass is 364 g/mol. The van der Waals surface area contributed by atoms with E-state index < -0.39 is 0 Å². The highest BCUT2D eigenvalue weighted by Crippen LogP contribution is 2.31. The molecule has 27 heavy (non-hydrogen) atoms. The zero-order valence-electron chi connectivity index (χ0n) is 15.5. The molecule has 2 amide bonds. The van der Waals surface area contributed by atoms with Gasteiger partial charge in [-0.2, -0.15) is 0 Å². The van der Waals surface area contributed by atoms with Crippen molar-refractivity contribution in [2.45, 2.75) is 38.3 Å². The Kier molecular flexibility index (Phi) is 4.84. The Bertz CT molecular complexity index is 822. The second kappa shape index (κ2) is 7.43. The summed E-state index contributed by atoms with van der Waals surface area (Å²) >= 11 is 0. The molecule has 0 aromatic heterocycles. The molecule has 2 aliphatic carbocycles. The van der Waals surface area contributed by atoms with Crippen molar-refractivity contribution in [2.24, 2.45) is 5.92 Å². The van der Waals surface area contributed by atoms with E-state index >= 15 is 0 Å². The Morgan fingerprint density at radius 1 is 1.00 bits per heavy atom. The molecule has 4 rings (SSSR count). The lowest BCUT2D eigenvalue weighted by Crippen LogP contribution is -2.32. The van der Waals surface area contributed by atoms with Gasteiger partial charge in [-0.25, -0.2) is 0 Å². The first-order valence-electron chi connectivity index (χ1n) is 9.49. The van der Waals surface area contributed by atoms with Crippen LogP contribution in [0.5, 0.6) is 5.75 Å². The molecule has 0 aliphatic heterocycles. The lowest BCUT2D eigenvalue weighted by molar-refractivity contribution is -0.117. The number of ether oxygens (including phenoxy) is 1. The van der Waals surface area contributed by atoms with Gasteiger partial charge >= 0.3 is 0 Å². The molecule has 5 heteroatoms. The number of rotatable bonds is 7. The van der Waals surface area contributed by atoms with E-state index in [1.54, 1.807) is 19.2 Å². The lowest BCUT2D eigenvalue weighted by Gasteiger charge is -2.23. The van der Waals surface area contributed by atoms with Gasteiger partial charge in [-0.3, -0.25) is 9.59 Å². The maximum Gasteiger partial charge on any atom is 0.254 e. The van der Waals surface area contributed by atoms with E-state index in [-0.39, 0.29) is 17.7 Å². The minimum atomic E-state index is 0.0355. The number of nitrogens with zero attached hydrogens (tertiary/aromatic N) is 1. The Morgan fingerprint density at radius 2 is 1.67 bits per heavy atom. The molecule has 2 aromatic rings. The van der Waals surface area contributed by atoms with Crippen molar-refractivity contribution in [3.63, 3.8) is 0 Å². The second-order valence-electron chi connectivity index (χ2n) is 7.35. The van der Waals surface area contributed by atoms with Crippen molar-refractivity contribution in [1.82, 2.24) is 4.90 Å². The third kappa shape index (κ3) is 4.30. The number of hydrogen-bond donors (Lipinski definition) is 1. The molecule has 140 valence electrons. The molecular formula is C22H24N2O3. The summed E-state index contributed by atoms with van der Waals surface area (Å²) in [4.78, 5) is 26.8. The van der Waals surface area contributed by atoms with Crippen molar-refractivity contribution >= 4 is 17.5 Å². The number of hydrogen-bond acceptors (Lipinski definition) is 3. The summed E-state index contributed by atoms with van der Waals surface area (Å²) < 4.78 is 5.20. The highest BCUT2D eigenvalue weighted by Gasteiger charge is 2.33. The summed E-state index contributed by atoms with van der Waals surface area (Å²) in [5.74, 6) is 1.09. The Balaban J connectivity index is 1.44. The molecule has 1 N–H and O–H groups in total. The van der Waals surface area contributed by atoms with Gasteiger partial charge in [0, 0.05) is 29.8 Å². The van der Waals surface area contributed by atoms with Gasteiger partial charge in [-0.15, -0.1) is 0 Å². The maximum atomic E-state index is 13.0. The standard InChI is InChI=1S/C22H24N2O3/c1-27-20-12-2-15(3-13-20)14-24(19-10-11-19)22(26)17-6-8-18(9-7-17)23-21(25)16-4-5-16/h2-3,6-9,12-13,16,19H,4-5,10-11,14H2,1H3,(H,23,25). The van der Waals surface area contributed by atoms with Crippen LogP contribution in [0, 0.1) is 5.92 Å². The third-order valence-electron chi connectivity index (χ3n) is 5.11. The number of methoxy groups -OCH3 is 1. The molecular weight excluding hydrogens is 340 g/mol. The SMILES string of the molecule is COc1ccc(CN(C(=O)c2ccc(NC(=O)C3CC3)cc2)C2CC2)cc1. The summed E-state index contributed by atoms with van der Waals surface area (Å²) in [7, 11) is 1.64. The molecule has 2 aliphatic rings. The van der Waals surface area contributed by atoms with Gasteiger partial charge in [-0.05, 0) is 67.6 Å². The van der Waals surface area contributed by atoms with Crippen molar-refractivity contribution < 1.29 is 14.3 Å². The van der Waals surface area contributed by atoms with E-state index in [1.807, 2.05) is 41.3 Å². The van der Waals surface area contributed by atoms with Crippen LogP contribution in [0.4, 0.5) is 5.69 Å². The van der Waals surface area contributed by atoms with E-state index in [0.29, 0.717) is 18.2 Å². The molecule has 2 fully saturated rings. The Labute approximate surface area is 159 Å². The van der Waals surface area contributed by atoms with E-state index in [2.05, 4.69) is 5.32 Å². The van der Waals surface area contributed by atoms with Crippen LogP contribution in [0.25, 0.3) is 0 Å². The highest BCUT2D eigenvalue weighted by molar-refractivity contribution is 5.97. The quantitative estimate of drug-likeness (QED) is 0.812. The van der Waals surface area contributed by atoms with Gasteiger partial charge in [0.05, 0.1) is 7.11 Å². The number of nitrogens with one attached hydrogen (secondary N) is 1. The highest BCUT2D eigenvalue weighted by atomic mass is 16.5. The lowest BCUT2D eigenvalue weighted by atomic mass is 10.1. The van der Waals surface area contributed by atoms with Gasteiger partial charge in [0.15, 0.2) is 0 Å². The van der Waals surface area contributed by atoms with Gasteiger partial charge in [0.2, 0.25) is 5.91 Å². The normalized spacial score (nSPS) is 15.9. The molecule has 0 radical (unpaired) electrons. The summed E-state index contributed by atoms with van der Waals surface area (Å²) in [5.41, 5.74) is 2.49. The number of carbonyl (C=O) groups is 2. The second-order valence-corrected chi connectivity index (χ2v) is 7.35. The van der Waals surface area contributed by atoms with Crippen molar-refractivity contribution in [3.05, 3.63) is 59.7 Å². The average molecular weight is 364 g/mol. The topological polar surface area (TPSA) is 58.6 Å². The average Bonchev–Trinajstić information content (AvgIpc) is 3.58. The molecule has 0 atom stereocenters. The van der Waals surface area contributed by atoms with E-state index in [1.165, 1.54) is 0 Å². The number of amides is 2. The largest absolute Gasteiger partial charge is 0.497 e. The maximum absolute atomic E-state index is 13.0. The predicted molar refractivity (Wildman–Crippen MR) is 104 cm³/mol.